The van der Waals surface area contributed by atoms with Crippen molar-refractivity contribution < 1.29 is 14.6 Å². The molecule has 1 aliphatic carbocycles. The molecule has 0 radical (unpaired) electrons. The largest absolute Gasteiger partial charge is 0.396 e. The summed E-state index contributed by atoms with van der Waals surface area (Å²) in [5.41, 5.74) is 1.10. The molecular weight excluding hydrogens is 302 g/mol. The van der Waals surface area contributed by atoms with E-state index in [4.69, 9.17) is 14.8 Å². The van der Waals surface area contributed by atoms with E-state index in [0.717, 1.165) is 56.4 Å². The van der Waals surface area contributed by atoms with Gasteiger partial charge in [0.25, 0.3) is 0 Å². The Morgan fingerprint density at radius 1 is 1.45 bits per heavy atom. The molecule has 1 amide bonds. The second-order valence-electron chi connectivity index (χ2n) is 5.77. The van der Waals surface area contributed by atoms with Crippen LogP contribution in [0.2, 0.25) is 0 Å². The summed E-state index contributed by atoms with van der Waals surface area (Å²) in [6.45, 7) is 3.99. The third-order valence-electron chi connectivity index (χ3n) is 4.21. The monoisotopic (exact) mass is 325 g/mol. The Kier molecular flexibility index (Phi) is 5.28. The maximum Gasteiger partial charge on any atom is 0.223 e. The van der Waals surface area contributed by atoms with Gasteiger partial charge >= 0.3 is 0 Å². The van der Waals surface area contributed by atoms with Crippen molar-refractivity contribution in [3.63, 3.8) is 0 Å². The van der Waals surface area contributed by atoms with Gasteiger partial charge in [0.2, 0.25) is 5.91 Å². The number of aryl methyl sites for hydroxylation is 1. The Labute approximate surface area is 134 Å². The fourth-order valence-electron chi connectivity index (χ4n) is 2.91. The van der Waals surface area contributed by atoms with Gasteiger partial charge in [0.05, 0.1) is 18.9 Å². The average Bonchev–Trinajstić information content (AvgIpc) is 2.99. The molecule has 1 atom stereocenters. The van der Waals surface area contributed by atoms with Gasteiger partial charge in [-0.05, 0) is 19.3 Å². The topological polar surface area (TPSA) is 74.7 Å². The predicted molar refractivity (Wildman–Crippen MR) is 85.4 cm³/mol. The van der Waals surface area contributed by atoms with Gasteiger partial charge < -0.3 is 20.1 Å². The highest BCUT2D eigenvalue weighted by Crippen LogP contribution is 2.34. The molecule has 0 spiro atoms. The van der Waals surface area contributed by atoms with Crippen molar-refractivity contribution in [3.8, 4) is 0 Å². The molecule has 2 aliphatic rings. The minimum absolute atomic E-state index is 0.0193. The van der Waals surface area contributed by atoms with Crippen LogP contribution in [0, 0.1) is 5.92 Å². The van der Waals surface area contributed by atoms with Crippen LogP contribution >= 0.6 is 11.3 Å². The molecule has 1 fully saturated rings. The van der Waals surface area contributed by atoms with Crippen LogP contribution in [0.15, 0.2) is 0 Å². The van der Waals surface area contributed by atoms with Gasteiger partial charge in [0.15, 0.2) is 5.13 Å². The van der Waals surface area contributed by atoms with Crippen LogP contribution in [-0.2, 0) is 22.4 Å². The van der Waals surface area contributed by atoms with Gasteiger partial charge in [-0.1, -0.05) is 0 Å². The van der Waals surface area contributed by atoms with Gasteiger partial charge in [-0.3, -0.25) is 4.79 Å². The molecule has 0 aromatic carbocycles. The van der Waals surface area contributed by atoms with Gasteiger partial charge in [-0.15, -0.1) is 11.3 Å². The first kappa shape index (κ1) is 15.7. The number of carbonyl (C=O) groups excluding carboxylic acids is 1. The maximum absolute atomic E-state index is 12.1. The molecule has 22 heavy (non-hydrogen) atoms. The van der Waals surface area contributed by atoms with E-state index in [1.165, 1.54) is 4.88 Å². The van der Waals surface area contributed by atoms with E-state index in [0.29, 0.717) is 13.0 Å². The van der Waals surface area contributed by atoms with Crippen LogP contribution in [0.4, 0.5) is 5.13 Å². The van der Waals surface area contributed by atoms with Gasteiger partial charge in [0.1, 0.15) is 0 Å². The number of nitrogens with one attached hydrogen (secondary N) is 1. The van der Waals surface area contributed by atoms with Crippen LogP contribution in [-0.4, -0.2) is 55.5 Å². The standard InChI is InChI=1S/C15H23N3O3S/c19-7-1-4-16-14(20)11-2-3-13-12(10-11)17-15(22-13)18-5-8-21-9-6-18/h11,19H,1-10H2,(H,16,20). The minimum Gasteiger partial charge on any atom is -0.396 e. The molecular formula is C15H23N3O3S. The highest BCUT2D eigenvalue weighted by molar-refractivity contribution is 7.15. The summed E-state index contributed by atoms with van der Waals surface area (Å²) in [5.74, 6) is 0.117. The van der Waals surface area contributed by atoms with Crippen LogP contribution in [0.3, 0.4) is 0 Å². The summed E-state index contributed by atoms with van der Waals surface area (Å²) in [5, 5.41) is 12.8. The number of carbonyl (C=O) groups is 1. The number of rotatable bonds is 5. The molecule has 0 saturated carbocycles. The maximum atomic E-state index is 12.1. The predicted octanol–water partition coefficient (Wildman–Crippen LogP) is 0.583. The van der Waals surface area contributed by atoms with E-state index in [1.807, 2.05) is 0 Å². The lowest BCUT2D eigenvalue weighted by atomic mass is 9.90. The fraction of sp³-hybridized carbons (Fsp3) is 0.733. The summed E-state index contributed by atoms with van der Waals surface area (Å²) >= 11 is 1.77. The Morgan fingerprint density at radius 2 is 2.27 bits per heavy atom. The number of morpholine rings is 1. The quantitative estimate of drug-likeness (QED) is 0.775. The minimum atomic E-state index is 0.0193. The number of hydrogen-bond acceptors (Lipinski definition) is 6. The lowest BCUT2D eigenvalue weighted by molar-refractivity contribution is -0.125. The van der Waals surface area contributed by atoms with Crippen LogP contribution in [0.1, 0.15) is 23.4 Å². The van der Waals surface area contributed by atoms with Gasteiger partial charge in [-0.2, -0.15) is 0 Å². The SMILES string of the molecule is O=C(NCCCO)C1CCc2sc(N3CCOCC3)nc2C1. The number of aliphatic hydroxyl groups excluding tert-OH is 1. The average molecular weight is 325 g/mol. The molecule has 1 aromatic rings. The van der Waals surface area contributed by atoms with Crippen molar-refractivity contribution in [2.24, 2.45) is 5.92 Å². The fourth-order valence-corrected chi connectivity index (χ4v) is 4.07. The van der Waals surface area contributed by atoms with E-state index in [9.17, 15) is 4.79 Å². The van der Waals surface area contributed by atoms with E-state index in [2.05, 4.69) is 10.2 Å². The number of anilines is 1. The van der Waals surface area contributed by atoms with Crippen molar-refractivity contribution in [2.75, 3.05) is 44.4 Å². The first-order valence-electron chi connectivity index (χ1n) is 7.98. The molecule has 3 rings (SSSR count). The number of amides is 1. The van der Waals surface area contributed by atoms with Crippen molar-refractivity contribution in [2.45, 2.75) is 25.7 Å². The summed E-state index contributed by atoms with van der Waals surface area (Å²) < 4.78 is 5.38. The number of nitrogens with zero attached hydrogens (tertiary/aromatic N) is 2. The number of hydrogen-bond donors (Lipinski definition) is 2. The molecule has 1 unspecified atom stereocenters. The molecule has 1 aliphatic heterocycles. The molecule has 0 bridgehead atoms. The van der Waals surface area contributed by atoms with Crippen LogP contribution < -0.4 is 10.2 Å². The zero-order valence-electron chi connectivity index (χ0n) is 12.7. The molecule has 7 heteroatoms. The number of thiazole rings is 1. The van der Waals surface area contributed by atoms with E-state index < -0.39 is 0 Å². The lowest BCUT2D eigenvalue weighted by Gasteiger charge is -2.26. The number of aromatic nitrogens is 1. The second kappa shape index (κ2) is 7.39. The highest BCUT2D eigenvalue weighted by Gasteiger charge is 2.28. The Morgan fingerprint density at radius 3 is 3.05 bits per heavy atom. The molecule has 2 N–H and O–H groups in total. The highest BCUT2D eigenvalue weighted by atomic mass is 32.1. The Hall–Kier alpha value is -1.18. The number of fused-ring (bicyclic) bond motifs is 1. The van der Waals surface area contributed by atoms with Gasteiger partial charge in [-0.25, -0.2) is 4.98 Å². The van der Waals surface area contributed by atoms with Crippen LogP contribution in [0.25, 0.3) is 0 Å². The summed E-state index contributed by atoms with van der Waals surface area (Å²) in [7, 11) is 0. The molecule has 6 nitrogen and oxygen atoms in total. The van der Waals surface area contributed by atoms with Crippen LogP contribution in [0.5, 0.6) is 0 Å². The number of ether oxygens (including phenoxy) is 1. The molecule has 2 heterocycles. The number of aliphatic hydroxyl groups is 1. The first-order chi connectivity index (χ1) is 10.8. The van der Waals surface area contributed by atoms with Crippen molar-refractivity contribution >= 4 is 22.4 Å². The summed E-state index contributed by atoms with van der Waals surface area (Å²) in [6.07, 6.45) is 3.18. The third kappa shape index (κ3) is 3.59. The Bertz CT molecular complexity index is 514. The Balaban J connectivity index is 1.60. The van der Waals surface area contributed by atoms with Crippen molar-refractivity contribution in [1.29, 1.82) is 0 Å². The lowest BCUT2D eigenvalue weighted by Crippen LogP contribution is -2.36. The third-order valence-corrected chi connectivity index (χ3v) is 5.43. The van der Waals surface area contributed by atoms with Gasteiger partial charge in [0, 0.05) is 43.5 Å². The zero-order valence-corrected chi connectivity index (χ0v) is 13.5. The van der Waals surface area contributed by atoms with Crippen molar-refractivity contribution in [1.82, 2.24) is 10.3 Å². The molecule has 1 aromatic heterocycles. The van der Waals surface area contributed by atoms with Crippen molar-refractivity contribution in [3.05, 3.63) is 10.6 Å². The summed E-state index contributed by atoms with van der Waals surface area (Å²) in [6, 6.07) is 0. The summed E-state index contributed by atoms with van der Waals surface area (Å²) in [4.78, 5) is 20.5. The normalized spacial score (nSPS) is 21.5. The second-order valence-corrected chi connectivity index (χ2v) is 6.84. The molecule has 1 saturated heterocycles. The zero-order chi connectivity index (χ0) is 15.4. The van der Waals surface area contributed by atoms with E-state index in [-0.39, 0.29) is 18.4 Å². The van der Waals surface area contributed by atoms with E-state index in [1.54, 1.807) is 11.3 Å². The first-order valence-corrected chi connectivity index (χ1v) is 8.79. The van der Waals surface area contributed by atoms with E-state index >= 15 is 0 Å². The molecule has 122 valence electrons. The smallest absolute Gasteiger partial charge is 0.223 e.